The van der Waals surface area contributed by atoms with E-state index in [-0.39, 0.29) is 6.42 Å². The zero-order chi connectivity index (χ0) is 16.0. The number of hydrogen-bond acceptors (Lipinski definition) is 2. The quantitative estimate of drug-likeness (QED) is 0.918. The van der Waals surface area contributed by atoms with E-state index in [0.717, 1.165) is 24.1 Å². The van der Waals surface area contributed by atoms with Crippen molar-refractivity contribution in [2.24, 2.45) is 5.92 Å². The third-order valence-corrected chi connectivity index (χ3v) is 4.42. The highest BCUT2D eigenvalue weighted by Gasteiger charge is 2.61. The lowest BCUT2D eigenvalue weighted by atomic mass is 9.99. The van der Waals surface area contributed by atoms with Gasteiger partial charge >= 0.3 is 0 Å². The molecule has 3 nitrogen and oxygen atoms in total. The smallest absolute Gasteiger partial charge is 0.260 e. The van der Waals surface area contributed by atoms with Crippen LogP contribution in [0.1, 0.15) is 30.7 Å². The van der Waals surface area contributed by atoms with E-state index >= 15 is 0 Å². The van der Waals surface area contributed by atoms with E-state index < -0.39 is 17.7 Å². The Kier molecular flexibility index (Phi) is 3.18. The van der Waals surface area contributed by atoms with E-state index in [1.54, 1.807) is 12.3 Å². The van der Waals surface area contributed by atoms with Crippen LogP contribution in [-0.4, -0.2) is 16.8 Å². The first-order valence-corrected chi connectivity index (χ1v) is 7.78. The lowest BCUT2D eigenvalue weighted by molar-refractivity contribution is -0.119. The molecule has 1 aromatic heterocycles. The van der Waals surface area contributed by atoms with Crippen LogP contribution in [0.3, 0.4) is 0 Å². The summed E-state index contributed by atoms with van der Waals surface area (Å²) in [5, 5.41) is 2.61. The predicted molar refractivity (Wildman–Crippen MR) is 83.3 cm³/mol. The fourth-order valence-electron chi connectivity index (χ4n) is 2.86. The van der Waals surface area contributed by atoms with E-state index in [9.17, 15) is 13.6 Å². The van der Waals surface area contributed by atoms with Crippen LogP contribution in [0.2, 0.25) is 0 Å². The highest BCUT2D eigenvalue weighted by Crippen LogP contribution is 2.49. The molecule has 0 spiro atoms. The Morgan fingerprint density at radius 3 is 2.61 bits per heavy atom. The number of halogens is 2. The van der Waals surface area contributed by atoms with Gasteiger partial charge in [-0.05, 0) is 48.6 Å². The molecule has 118 valence electrons. The number of carbonyl (C=O) groups is 1. The number of aromatic nitrogens is 1. The van der Waals surface area contributed by atoms with Crippen molar-refractivity contribution in [2.75, 3.05) is 5.32 Å². The first-order chi connectivity index (χ1) is 11.0. The Morgan fingerprint density at radius 1 is 1.22 bits per heavy atom. The zero-order valence-electron chi connectivity index (χ0n) is 12.4. The van der Waals surface area contributed by atoms with E-state index in [2.05, 4.69) is 10.3 Å². The summed E-state index contributed by atoms with van der Waals surface area (Å²) in [6.45, 7) is 0. The Morgan fingerprint density at radius 2 is 2.00 bits per heavy atom. The average molecular weight is 314 g/mol. The Hall–Kier alpha value is -2.30. The molecule has 2 aliphatic rings. The Labute approximate surface area is 132 Å². The summed E-state index contributed by atoms with van der Waals surface area (Å²) in [6, 6.07) is 11.3. The molecule has 2 aromatic rings. The summed E-state index contributed by atoms with van der Waals surface area (Å²) >= 11 is 0. The summed E-state index contributed by atoms with van der Waals surface area (Å²) in [6.07, 6.45) is 3.67. The Bertz CT molecular complexity index is 757. The number of anilines is 1. The number of pyridine rings is 1. The lowest BCUT2D eigenvalue weighted by Crippen LogP contribution is -2.17. The van der Waals surface area contributed by atoms with Crippen LogP contribution < -0.4 is 5.32 Å². The third-order valence-electron chi connectivity index (χ3n) is 4.42. The van der Waals surface area contributed by atoms with Gasteiger partial charge in [0.15, 0.2) is 0 Å². The first-order valence-electron chi connectivity index (χ1n) is 7.78. The van der Waals surface area contributed by atoms with E-state index in [4.69, 9.17) is 0 Å². The number of benzene rings is 1. The number of rotatable bonds is 4. The summed E-state index contributed by atoms with van der Waals surface area (Å²) in [5.74, 6) is -4.11. The topological polar surface area (TPSA) is 42.0 Å². The van der Waals surface area contributed by atoms with Gasteiger partial charge in [-0.15, -0.1) is 0 Å². The minimum absolute atomic E-state index is 0.355. The molecule has 1 atom stereocenters. The number of nitrogens with one attached hydrogen (secondary N) is 1. The number of alkyl halides is 2. The molecule has 23 heavy (non-hydrogen) atoms. The molecule has 0 radical (unpaired) electrons. The van der Waals surface area contributed by atoms with Crippen LogP contribution in [-0.2, 0) is 4.79 Å². The Balaban J connectivity index is 1.63. The number of hydrogen-bond donors (Lipinski definition) is 1. The third kappa shape index (κ3) is 2.83. The molecule has 2 aliphatic carbocycles. The van der Waals surface area contributed by atoms with Gasteiger partial charge in [-0.25, -0.2) is 8.78 Å². The average Bonchev–Trinajstić information content (AvgIpc) is 3.45. The summed E-state index contributed by atoms with van der Waals surface area (Å²) in [5.41, 5.74) is 3.55. The minimum atomic E-state index is -2.85. The van der Waals surface area contributed by atoms with E-state index in [0.29, 0.717) is 11.6 Å². The summed E-state index contributed by atoms with van der Waals surface area (Å²) < 4.78 is 26.0. The van der Waals surface area contributed by atoms with Gasteiger partial charge in [0.25, 0.3) is 5.92 Å². The van der Waals surface area contributed by atoms with Gasteiger partial charge in [-0.3, -0.25) is 9.78 Å². The van der Waals surface area contributed by atoms with Gasteiger partial charge in [0.2, 0.25) is 5.91 Å². The molecule has 1 N–H and O–H groups in total. The van der Waals surface area contributed by atoms with Gasteiger partial charge in [0, 0.05) is 23.9 Å². The molecule has 0 bridgehead atoms. The SMILES string of the molecule is O=C(Nc1ccc(C2CC2)c(-c2ccccn2)c1)C1CC1(F)F. The molecule has 1 amide bonds. The van der Waals surface area contributed by atoms with Crippen molar-refractivity contribution in [3.05, 3.63) is 48.2 Å². The number of amides is 1. The molecule has 0 aliphatic heterocycles. The van der Waals surface area contributed by atoms with Gasteiger partial charge in [0.05, 0.1) is 5.69 Å². The van der Waals surface area contributed by atoms with Crippen molar-refractivity contribution in [1.82, 2.24) is 4.98 Å². The summed E-state index contributed by atoms with van der Waals surface area (Å²) in [4.78, 5) is 16.2. The van der Waals surface area contributed by atoms with Crippen LogP contribution in [0, 0.1) is 5.92 Å². The first kappa shape index (κ1) is 14.3. The molecule has 1 unspecified atom stereocenters. The summed E-state index contributed by atoms with van der Waals surface area (Å²) in [7, 11) is 0. The minimum Gasteiger partial charge on any atom is -0.326 e. The van der Waals surface area contributed by atoms with Crippen molar-refractivity contribution in [3.8, 4) is 11.3 Å². The normalized spacial score (nSPS) is 21.7. The molecular formula is C18H16F2N2O. The number of carbonyl (C=O) groups excluding carboxylic acids is 1. The van der Waals surface area contributed by atoms with Crippen molar-refractivity contribution >= 4 is 11.6 Å². The second-order valence-electron chi connectivity index (χ2n) is 6.30. The van der Waals surface area contributed by atoms with Crippen molar-refractivity contribution in [2.45, 2.75) is 31.1 Å². The van der Waals surface area contributed by atoms with Gasteiger partial charge in [0.1, 0.15) is 5.92 Å². The molecular weight excluding hydrogens is 298 g/mol. The number of nitrogens with zero attached hydrogens (tertiary/aromatic N) is 1. The second-order valence-corrected chi connectivity index (χ2v) is 6.30. The second kappa shape index (κ2) is 5.11. The van der Waals surface area contributed by atoms with Crippen LogP contribution in [0.5, 0.6) is 0 Å². The lowest BCUT2D eigenvalue weighted by Gasteiger charge is -2.12. The molecule has 0 saturated heterocycles. The van der Waals surface area contributed by atoms with Crippen LogP contribution in [0.15, 0.2) is 42.6 Å². The van der Waals surface area contributed by atoms with Crippen molar-refractivity contribution in [1.29, 1.82) is 0 Å². The van der Waals surface area contributed by atoms with Crippen LogP contribution >= 0.6 is 0 Å². The van der Waals surface area contributed by atoms with E-state index in [1.807, 2.05) is 30.3 Å². The maximum absolute atomic E-state index is 13.0. The molecule has 5 heteroatoms. The molecule has 2 saturated carbocycles. The van der Waals surface area contributed by atoms with E-state index in [1.165, 1.54) is 5.56 Å². The highest BCUT2D eigenvalue weighted by molar-refractivity contribution is 5.96. The van der Waals surface area contributed by atoms with Gasteiger partial charge in [-0.2, -0.15) is 0 Å². The fourth-order valence-corrected chi connectivity index (χ4v) is 2.86. The maximum atomic E-state index is 13.0. The monoisotopic (exact) mass is 314 g/mol. The molecule has 2 fully saturated rings. The molecule has 4 rings (SSSR count). The molecule has 1 heterocycles. The van der Waals surface area contributed by atoms with Gasteiger partial charge in [-0.1, -0.05) is 12.1 Å². The van der Waals surface area contributed by atoms with Gasteiger partial charge < -0.3 is 5.32 Å². The van der Waals surface area contributed by atoms with Crippen molar-refractivity contribution < 1.29 is 13.6 Å². The van der Waals surface area contributed by atoms with Crippen LogP contribution in [0.25, 0.3) is 11.3 Å². The largest absolute Gasteiger partial charge is 0.326 e. The fraction of sp³-hybridized carbons (Fsp3) is 0.333. The highest BCUT2D eigenvalue weighted by atomic mass is 19.3. The van der Waals surface area contributed by atoms with Crippen LogP contribution in [0.4, 0.5) is 14.5 Å². The molecule has 1 aromatic carbocycles. The zero-order valence-corrected chi connectivity index (χ0v) is 12.4. The van der Waals surface area contributed by atoms with Crippen molar-refractivity contribution in [3.63, 3.8) is 0 Å². The predicted octanol–water partition coefficient (Wildman–Crippen LogP) is 4.22. The standard InChI is InChI=1S/C18H16F2N2O/c19-18(20)10-15(18)17(23)22-12-6-7-13(11-4-5-11)14(9-12)16-3-1-2-8-21-16/h1-3,6-9,11,15H,4-5,10H2,(H,22,23). The maximum Gasteiger partial charge on any atom is 0.260 e.